The molecule has 0 bridgehead atoms. The zero-order chi connectivity index (χ0) is 8.27. The molecule has 2 atom stereocenters. The number of carbonyl (C=O) groups excluding carboxylic acids is 1. The maximum atomic E-state index is 10.9. The Labute approximate surface area is 66.4 Å². The summed E-state index contributed by atoms with van der Waals surface area (Å²) in [5.74, 6) is -0.273. The lowest BCUT2D eigenvalue weighted by atomic mass is 10.1. The fraction of sp³-hybridized carbons (Fsp3) is 0.875. The van der Waals surface area contributed by atoms with Crippen LogP contribution in [0.3, 0.4) is 0 Å². The summed E-state index contributed by atoms with van der Waals surface area (Å²) >= 11 is 0. The fourth-order valence-electron chi connectivity index (χ4n) is 1.27. The highest BCUT2D eigenvalue weighted by Crippen LogP contribution is 2.14. The maximum Gasteiger partial charge on any atom is 0.308 e. The number of hydrogen-bond acceptors (Lipinski definition) is 3. The smallest absolute Gasteiger partial charge is 0.308 e. The molecule has 0 spiro atoms. The Morgan fingerprint density at radius 3 is 3.00 bits per heavy atom. The topological polar surface area (TPSA) is 46.5 Å². The van der Waals surface area contributed by atoms with Crippen molar-refractivity contribution in [3.63, 3.8) is 0 Å². The monoisotopic (exact) mass is 158 g/mol. The molecule has 3 heteroatoms. The second-order valence-electron chi connectivity index (χ2n) is 3.09. The van der Waals surface area contributed by atoms with Gasteiger partial charge in [-0.3, -0.25) is 4.79 Å². The zero-order valence-corrected chi connectivity index (χ0v) is 6.75. The molecule has 0 aromatic heterocycles. The van der Waals surface area contributed by atoms with Crippen LogP contribution >= 0.6 is 0 Å². The average molecular weight is 158 g/mol. The van der Waals surface area contributed by atoms with Crippen LogP contribution in [0.25, 0.3) is 0 Å². The Balaban J connectivity index is 2.41. The third kappa shape index (κ3) is 2.89. The SMILES string of the molecule is C[C@@H]1CCC[C@@H](O)CC(=O)O1. The lowest BCUT2D eigenvalue weighted by Crippen LogP contribution is -2.23. The molecule has 0 unspecified atom stereocenters. The van der Waals surface area contributed by atoms with Gasteiger partial charge in [0.05, 0.1) is 18.6 Å². The molecule has 1 fully saturated rings. The molecule has 0 radical (unpaired) electrons. The van der Waals surface area contributed by atoms with E-state index in [1.165, 1.54) is 0 Å². The van der Waals surface area contributed by atoms with E-state index < -0.39 is 6.10 Å². The van der Waals surface area contributed by atoms with Crippen molar-refractivity contribution >= 4 is 5.97 Å². The highest BCUT2D eigenvalue weighted by molar-refractivity contribution is 5.70. The standard InChI is InChI=1S/C8H14O3/c1-6-3-2-4-7(9)5-8(10)11-6/h6-7,9H,2-5H2,1H3/t6-,7-/m1/s1. The lowest BCUT2D eigenvalue weighted by Gasteiger charge is -2.19. The largest absolute Gasteiger partial charge is 0.463 e. The molecule has 1 rings (SSSR count). The van der Waals surface area contributed by atoms with Crippen LogP contribution in [0.5, 0.6) is 0 Å². The molecule has 1 N–H and O–H groups in total. The summed E-state index contributed by atoms with van der Waals surface area (Å²) in [6.45, 7) is 1.88. The predicted octanol–water partition coefficient (Wildman–Crippen LogP) is 0.853. The van der Waals surface area contributed by atoms with Crippen LogP contribution in [0.2, 0.25) is 0 Å². The molecule has 0 amide bonds. The van der Waals surface area contributed by atoms with Gasteiger partial charge in [-0.2, -0.15) is 0 Å². The van der Waals surface area contributed by atoms with Crippen molar-refractivity contribution in [1.29, 1.82) is 0 Å². The van der Waals surface area contributed by atoms with E-state index in [-0.39, 0.29) is 18.5 Å². The zero-order valence-electron chi connectivity index (χ0n) is 6.75. The Kier molecular flexibility index (Phi) is 2.88. The highest BCUT2D eigenvalue weighted by Gasteiger charge is 2.18. The summed E-state index contributed by atoms with van der Waals surface area (Å²) in [4.78, 5) is 10.9. The number of hydrogen-bond donors (Lipinski definition) is 1. The second-order valence-corrected chi connectivity index (χ2v) is 3.09. The lowest BCUT2D eigenvalue weighted by molar-refractivity contribution is -0.152. The van der Waals surface area contributed by atoms with Gasteiger partial charge in [-0.05, 0) is 26.2 Å². The molecule has 0 aromatic rings. The first-order chi connectivity index (χ1) is 5.18. The first-order valence-electron chi connectivity index (χ1n) is 4.06. The van der Waals surface area contributed by atoms with Crippen LogP contribution in [0, 0.1) is 0 Å². The predicted molar refractivity (Wildman–Crippen MR) is 40.0 cm³/mol. The molecule has 3 nitrogen and oxygen atoms in total. The summed E-state index contributed by atoms with van der Waals surface area (Å²) in [6.07, 6.45) is 2.22. The first-order valence-corrected chi connectivity index (χ1v) is 4.06. The number of cyclic esters (lactones) is 1. The van der Waals surface area contributed by atoms with E-state index in [1.54, 1.807) is 0 Å². The minimum Gasteiger partial charge on any atom is -0.463 e. The van der Waals surface area contributed by atoms with Crippen molar-refractivity contribution in [2.24, 2.45) is 0 Å². The van der Waals surface area contributed by atoms with E-state index in [2.05, 4.69) is 0 Å². The number of esters is 1. The summed E-state index contributed by atoms with van der Waals surface area (Å²) < 4.78 is 4.96. The number of carbonyl (C=O) groups is 1. The van der Waals surface area contributed by atoms with Crippen LogP contribution in [-0.4, -0.2) is 23.3 Å². The third-order valence-corrected chi connectivity index (χ3v) is 1.88. The average Bonchev–Trinajstić information content (AvgIpc) is 1.83. The van der Waals surface area contributed by atoms with Crippen molar-refractivity contribution in [3.05, 3.63) is 0 Å². The molecule has 1 aliphatic heterocycles. The van der Waals surface area contributed by atoms with Gasteiger partial charge in [0.15, 0.2) is 0 Å². The number of ether oxygens (including phenoxy) is 1. The van der Waals surface area contributed by atoms with Crippen LogP contribution in [0.4, 0.5) is 0 Å². The van der Waals surface area contributed by atoms with Gasteiger partial charge >= 0.3 is 5.97 Å². The molecule has 1 heterocycles. The van der Waals surface area contributed by atoms with E-state index in [0.29, 0.717) is 0 Å². The van der Waals surface area contributed by atoms with E-state index in [4.69, 9.17) is 4.74 Å². The number of aliphatic hydroxyl groups is 1. The first kappa shape index (κ1) is 8.53. The molecule has 11 heavy (non-hydrogen) atoms. The van der Waals surface area contributed by atoms with Gasteiger partial charge < -0.3 is 9.84 Å². The Morgan fingerprint density at radius 1 is 1.55 bits per heavy atom. The van der Waals surface area contributed by atoms with E-state index in [1.807, 2.05) is 6.92 Å². The summed E-state index contributed by atoms with van der Waals surface area (Å²) in [5, 5.41) is 9.17. The highest BCUT2D eigenvalue weighted by atomic mass is 16.5. The Bertz CT molecular complexity index is 130. The van der Waals surface area contributed by atoms with Crippen LogP contribution < -0.4 is 0 Å². The van der Waals surface area contributed by atoms with Crippen molar-refractivity contribution < 1.29 is 14.6 Å². The van der Waals surface area contributed by atoms with Gasteiger partial charge in [-0.25, -0.2) is 0 Å². The van der Waals surface area contributed by atoms with Crippen LogP contribution in [0.1, 0.15) is 32.6 Å². The van der Waals surface area contributed by atoms with E-state index in [9.17, 15) is 9.90 Å². The maximum absolute atomic E-state index is 10.9. The van der Waals surface area contributed by atoms with Crippen molar-refractivity contribution in [2.75, 3.05) is 0 Å². The molecule has 1 saturated heterocycles. The molecule has 1 aliphatic rings. The Hall–Kier alpha value is -0.570. The molecule has 0 aliphatic carbocycles. The molecule has 0 saturated carbocycles. The van der Waals surface area contributed by atoms with E-state index in [0.717, 1.165) is 19.3 Å². The number of aliphatic hydroxyl groups excluding tert-OH is 1. The summed E-state index contributed by atoms with van der Waals surface area (Å²) in [5.41, 5.74) is 0. The van der Waals surface area contributed by atoms with Gasteiger partial charge in [0.2, 0.25) is 0 Å². The quantitative estimate of drug-likeness (QED) is 0.532. The van der Waals surface area contributed by atoms with Crippen LogP contribution in [0.15, 0.2) is 0 Å². The van der Waals surface area contributed by atoms with Gasteiger partial charge in [-0.1, -0.05) is 0 Å². The Morgan fingerprint density at radius 2 is 2.27 bits per heavy atom. The third-order valence-electron chi connectivity index (χ3n) is 1.88. The molecular weight excluding hydrogens is 144 g/mol. The molecule has 64 valence electrons. The second kappa shape index (κ2) is 3.72. The van der Waals surface area contributed by atoms with Crippen LogP contribution in [-0.2, 0) is 9.53 Å². The molecule has 0 aromatic carbocycles. The van der Waals surface area contributed by atoms with Gasteiger partial charge in [0.1, 0.15) is 0 Å². The van der Waals surface area contributed by atoms with Crippen molar-refractivity contribution in [1.82, 2.24) is 0 Å². The summed E-state index contributed by atoms with van der Waals surface area (Å²) in [7, 11) is 0. The van der Waals surface area contributed by atoms with Crippen molar-refractivity contribution in [3.8, 4) is 0 Å². The van der Waals surface area contributed by atoms with Gasteiger partial charge in [-0.15, -0.1) is 0 Å². The summed E-state index contributed by atoms with van der Waals surface area (Å²) in [6, 6.07) is 0. The van der Waals surface area contributed by atoms with Gasteiger partial charge in [0, 0.05) is 0 Å². The number of rotatable bonds is 0. The fourth-order valence-corrected chi connectivity index (χ4v) is 1.27. The normalized spacial score (nSPS) is 33.8. The minimum atomic E-state index is -0.491. The van der Waals surface area contributed by atoms with Crippen molar-refractivity contribution in [2.45, 2.75) is 44.8 Å². The van der Waals surface area contributed by atoms with E-state index >= 15 is 0 Å². The van der Waals surface area contributed by atoms with Gasteiger partial charge in [0.25, 0.3) is 0 Å². The minimum absolute atomic E-state index is 0.0231. The molecular formula is C8H14O3.